The Hall–Kier alpha value is -3.33. The van der Waals surface area contributed by atoms with Gasteiger partial charge < -0.3 is 15.8 Å². The summed E-state index contributed by atoms with van der Waals surface area (Å²) in [5, 5.41) is 14.9. The molecule has 1 aromatic heterocycles. The lowest BCUT2D eigenvalue weighted by Crippen LogP contribution is -2.36. The minimum Gasteiger partial charge on any atom is -0.491 e. The van der Waals surface area contributed by atoms with Crippen molar-refractivity contribution in [2.24, 2.45) is 11.7 Å². The first-order valence-corrected chi connectivity index (χ1v) is 10.7. The number of nitrogens with one attached hydrogen (secondary N) is 1. The van der Waals surface area contributed by atoms with E-state index in [1.54, 1.807) is 16.8 Å². The molecular formula is C23H27FN6O2. The minimum atomic E-state index is -0.326. The van der Waals surface area contributed by atoms with Crippen molar-refractivity contribution in [1.82, 2.24) is 25.5 Å². The van der Waals surface area contributed by atoms with E-state index in [9.17, 15) is 9.18 Å². The maximum atomic E-state index is 13.5. The number of amides is 1. The number of carbonyl (C=O) groups excluding carboxylic acids is 1. The highest BCUT2D eigenvalue weighted by Gasteiger charge is 2.40. The highest BCUT2D eigenvalue weighted by molar-refractivity contribution is 5.78. The number of halogens is 1. The minimum absolute atomic E-state index is 0.0153. The van der Waals surface area contributed by atoms with Crippen LogP contribution < -0.4 is 15.8 Å². The third-order valence-electron chi connectivity index (χ3n) is 5.85. The second-order valence-corrected chi connectivity index (χ2v) is 8.36. The van der Waals surface area contributed by atoms with E-state index >= 15 is 0 Å². The molecule has 1 aliphatic carbocycles. The Labute approximate surface area is 186 Å². The van der Waals surface area contributed by atoms with Gasteiger partial charge in [-0.05, 0) is 73.0 Å². The standard InChI is InChI=1S/C23H27FN6O2/c1-14(2)32-21-10-7-18(30-13-27-28-29-30)11-16(21)12-26-20-9-8-19(23(25)31)22(20)15-3-5-17(24)6-4-15/h3-7,10-11,13-14,19-20,22,26H,8-9,12H2,1-2H3,(H2,25,31). The van der Waals surface area contributed by atoms with E-state index in [4.69, 9.17) is 10.5 Å². The van der Waals surface area contributed by atoms with Crippen molar-refractivity contribution in [3.05, 3.63) is 65.7 Å². The van der Waals surface area contributed by atoms with Gasteiger partial charge in [0.15, 0.2) is 0 Å². The van der Waals surface area contributed by atoms with E-state index in [2.05, 4.69) is 20.8 Å². The molecule has 0 bridgehead atoms. The molecule has 3 N–H and O–H groups in total. The van der Waals surface area contributed by atoms with Crippen molar-refractivity contribution in [2.75, 3.05) is 0 Å². The van der Waals surface area contributed by atoms with Gasteiger partial charge in [0.05, 0.1) is 11.8 Å². The number of carbonyl (C=O) groups is 1. The lowest BCUT2D eigenvalue weighted by molar-refractivity contribution is -0.122. The van der Waals surface area contributed by atoms with Gasteiger partial charge in [-0.3, -0.25) is 4.79 Å². The van der Waals surface area contributed by atoms with E-state index in [0.717, 1.165) is 29.0 Å². The van der Waals surface area contributed by atoms with Gasteiger partial charge >= 0.3 is 0 Å². The molecule has 0 radical (unpaired) electrons. The summed E-state index contributed by atoms with van der Waals surface area (Å²) in [6.07, 6.45) is 3.04. The zero-order chi connectivity index (χ0) is 22.7. The number of tetrazole rings is 1. The third-order valence-corrected chi connectivity index (χ3v) is 5.85. The van der Waals surface area contributed by atoms with Crippen LogP contribution in [-0.2, 0) is 11.3 Å². The number of primary amides is 1. The molecule has 9 heteroatoms. The molecule has 1 amide bonds. The highest BCUT2D eigenvalue weighted by Crippen LogP contribution is 2.40. The molecule has 0 spiro atoms. The fourth-order valence-electron chi connectivity index (χ4n) is 4.43. The molecule has 1 aliphatic rings. The predicted octanol–water partition coefficient (Wildman–Crippen LogP) is 2.73. The molecule has 3 aromatic rings. The lowest BCUT2D eigenvalue weighted by atomic mass is 9.86. The summed E-state index contributed by atoms with van der Waals surface area (Å²) in [4.78, 5) is 12.1. The number of aromatic nitrogens is 4. The number of ether oxygens (including phenoxy) is 1. The molecule has 0 saturated heterocycles. The predicted molar refractivity (Wildman–Crippen MR) is 117 cm³/mol. The smallest absolute Gasteiger partial charge is 0.221 e. The summed E-state index contributed by atoms with van der Waals surface area (Å²) < 4.78 is 21.0. The number of hydrogen-bond acceptors (Lipinski definition) is 6. The molecule has 1 fully saturated rings. The van der Waals surface area contributed by atoms with Gasteiger partial charge in [0, 0.05) is 30.0 Å². The van der Waals surface area contributed by atoms with Crippen LogP contribution in [0.5, 0.6) is 5.75 Å². The molecule has 32 heavy (non-hydrogen) atoms. The van der Waals surface area contributed by atoms with Crippen LogP contribution in [0.25, 0.3) is 5.69 Å². The Morgan fingerprint density at radius 2 is 2.03 bits per heavy atom. The van der Waals surface area contributed by atoms with Gasteiger partial charge in [0.1, 0.15) is 17.9 Å². The van der Waals surface area contributed by atoms with Crippen molar-refractivity contribution in [1.29, 1.82) is 0 Å². The molecule has 1 heterocycles. The van der Waals surface area contributed by atoms with Crippen LogP contribution in [0.2, 0.25) is 0 Å². The zero-order valence-electron chi connectivity index (χ0n) is 18.1. The number of nitrogens with zero attached hydrogens (tertiary/aromatic N) is 4. The maximum Gasteiger partial charge on any atom is 0.221 e. The van der Waals surface area contributed by atoms with Gasteiger partial charge in [-0.1, -0.05) is 12.1 Å². The largest absolute Gasteiger partial charge is 0.491 e. The van der Waals surface area contributed by atoms with Crippen LogP contribution in [0.1, 0.15) is 43.7 Å². The van der Waals surface area contributed by atoms with Crippen LogP contribution in [0, 0.1) is 11.7 Å². The summed E-state index contributed by atoms with van der Waals surface area (Å²) in [6.45, 7) is 4.47. The second kappa shape index (κ2) is 9.44. The average molecular weight is 439 g/mol. The first-order valence-electron chi connectivity index (χ1n) is 10.7. The summed E-state index contributed by atoms with van der Waals surface area (Å²) in [7, 11) is 0. The number of nitrogens with two attached hydrogens (primary N) is 1. The van der Waals surface area contributed by atoms with Crippen LogP contribution in [0.4, 0.5) is 4.39 Å². The van der Waals surface area contributed by atoms with Crippen molar-refractivity contribution in [3.8, 4) is 11.4 Å². The average Bonchev–Trinajstić information content (AvgIpc) is 3.43. The number of benzene rings is 2. The SMILES string of the molecule is CC(C)Oc1ccc(-n2cnnn2)cc1CNC1CCC(C(N)=O)C1c1ccc(F)cc1. The van der Waals surface area contributed by atoms with Crippen LogP contribution in [-0.4, -0.2) is 38.3 Å². The Balaban J connectivity index is 1.58. The van der Waals surface area contributed by atoms with Crippen molar-refractivity contribution >= 4 is 5.91 Å². The summed E-state index contributed by atoms with van der Waals surface area (Å²) in [5.41, 5.74) is 8.37. The second-order valence-electron chi connectivity index (χ2n) is 8.36. The number of rotatable bonds is 8. The van der Waals surface area contributed by atoms with Crippen molar-refractivity contribution in [3.63, 3.8) is 0 Å². The topological polar surface area (TPSA) is 108 Å². The van der Waals surface area contributed by atoms with Gasteiger partial charge in [0.25, 0.3) is 0 Å². The molecule has 4 rings (SSSR count). The lowest BCUT2D eigenvalue weighted by Gasteiger charge is -2.25. The van der Waals surface area contributed by atoms with E-state index in [-0.39, 0.29) is 35.7 Å². The quantitative estimate of drug-likeness (QED) is 0.560. The van der Waals surface area contributed by atoms with Crippen molar-refractivity contribution < 1.29 is 13.9 Å². The van der Waals surface area contributed by atoms with E-state index in [1.165, 1.54) is 18.5 Å². The molecule has 2 aromatic carbocycles. The maximum absolute atomic E-state index is 13.5. The molecule has 1 saturated carbocycles. The molecule has 168 valence electrons. The molecule has 8 nitrogen and oxygen atoms in total. The zero-order valence-corrected chi connectivity index (χ0v) is 18.1. The fraction of sp³-hybridized carbons (Fsp3) is 0.391. The number of hydrogen-bond donors (Lipinski definition) is 2. The monoisotopic (exact) mass is 438 g/mol. The summed E-state index contributed by atoms with van der Waals surface area (Å²) in [5.74, 6) is -0.274. The third kappa shape index (κ3) is 4.77. The Kier molecular flexibility index (Phi) is 6.45. The first-order chi connectivity index (χ1) is 15.4. The van der Waals surface area contributed by atoms with Crippen molar-refractivity contribution in [2.45, 2.75) is 51.3 Å². The van der Waals surface area contributed by atoms with E-state index in [0.29, 0.717) is 13.0 Å². The molecular weight excluding hydrogens is 411 g/mol. The van der Waals surface area contributed by atoms with Gasteiger partial charge in [-0.25, -0.2) is 9.07 Å². The Bertz CT molecular complexity index is 1050. The Morgan fingerprint density at radius 3 is 2.69 bits per heavy atom. The molecule has 3 atom stereocenters. The van der Waals surface area contributed by atoms with E-state index < -0.39 is 0 Å². The first kappa shape index (κ1) is 21.9. The van der Waals surface area contributed by atoms with E-state index in [1.807, 2.05) is 32.0 Å². The van der Waals surface area contributed by atoms with Gasteiger partial charge in [-0.15, -0.1) is 5.10 Å². The van der Waals surface area contributed by atoms with Gasteiger partial charge in [-0.2, -0.15) is 0 Å². The Morgan fingerprint density at radius 1 is 1.25 bits per heavy atom. The fourth-order valence-corrected chi connectivity index (χ4v) is 4.43. The van der Waals surface area contributed by atoms with Crippen LogP contribution in [0.15, 0.2) is 48.8 Å². The van der Waals surface area contributed by atoms with Gasteiger partial charge in [0.2, 0.25) is 5.91 Å². The summed E-state index contributed by atoms with van der Waals surface area (Å²) >= 11 is 0. The molecule has 3 unspecified atom stereocenters. The highest BCUT2D eigenvalue weighted by atomic mass is 19.1. The summed E-state index contributed by atoms with van der Waals surface area (Å²) in [6, 6.07) is 12.1. The van der Waals surface area contributed by atoms with Crippen LogP contribution >= 0.6 is 0 Å². The molecule has 0 aliphatic heterocycles. The van der Waals surface area contributed by atoms with Crippen LogP contribution in [0.3, 0.4) is 0 Å². The normalized spacial score (nSPS) is 20.6.